The van der Waals surface area contributed by atoms with Gasteiger partial charge in [0.15, 0.2) is 4.90 Å². The Morgan fingerprint density at radius 1 is 1.14 bits per heavy atom. The number of hydrogen-bond donors (Lipinski definition) is 4. The van der Waals surface area contributed by atoms with Gasteiger partial charge in [-0.3, -0.25) is 9.78 Å². The van der Waals surface area contributed by atoms with E-state index in [1.807, 2.05) is 4.98 Å². The summed E-state index contributed by atoms with van der Waals surface area (Å²) in [5.74, 6) is 0. The second kappa shape index (κ2) is 5.94. The van der Waals surface area contributed by atoms with Crippen molar-refractivity contribution in [3.63, 3.8) is 0 Å². The van der Waals surface area contributed by atoms with E-state index in [0.29, 0.717) is 12.1 Å². The van der Waals surface area contributed by atoms with Crippen molar-refractivity contribution >= 4 is 15.7 Å². The van der Waals surface area contributed by atoms with Gasteiger partial charge >= 0.3 is 5.69 Å². The molecule has 1 heterocycles. The number of sulfonamides is 1. The molecule has 112 valence electrons. The second-order valence-electron chi connectivity index (χ2n) is 4.33. The van der Waals surface area contributed by atoms with Crippen LogP contribution in [0.1, 0.15) is 5.56 Å². The molecule has 0 radical (unpaired) electrons. The van der Waals surface area contributed by atoms with Crippen molar-refractivity contribution in [3.8, 4) is 0 Å². The molecule has 0 aliphatic heterocycles. The molecule has 0 saturated carbocycles. The SMILES string of the molecule is Nc1ccc(CCNS(=O)(=O)c2c[nH]c(=O)[nH]c2=O)cc1. The zero-order chi connectivity index (χ0) is 15.5. The normalized spacial score (nSPS) is 11.4. The molecule has 1 aromatic carbocycles. The second-order valence-corrected chi connectivity index (χ2v) is 6.06. The Kier molecular flexibility index (Phi) is 4.24. The monoisotopic (exact) mass is 310 g/mol. The predicted octanol–water partition coefficient (Wildman–Crippen LogP) is -0.834. The van der Waals surface area contributed by atoms with Crippen LogP contribution in [0.4, 0.5) is 5.69 Å². The van der Waals surface area contributed by atoms with E-state index in [-0.39, 0.29) is 6.54 Å². The highest BCUT2D eigenvalue weighted by Gasteiger charge is 2.17. The van der Waals surface area contributed by atoms with E-state index in [1.54, 1.807) is 24.3 Å². The van der Waals surface area contributed by atoms with Crippen molar-refractivity contribution in [1.29, 1.82) is 0 Å². The fraction of sp³-hybridized carbons (Fsp3) is 0.167. The van der Waals surface area contributed by atoms with Gasteiger partial charge < -0.3 is 10.7 Å². The Hall–Kier alpha value is -2.39. The summed E-state index contributed by atoms with van der Waals surface area (Å²) in [6, 6.07) is 7.01. The van der Waals surface area contributed by atoms with Crippen LogP contribution in [0, 0.1) is 0 Å². The highest BCUT2D eigenvalue weighted by atomic mass is 32.2. The van der Waals surface area contributed by atoms with Crippen LogP contribution in [0.25, 0.3) is 0 Å². The zero-order valence-electron chi connectivity index (χ0n) is 10.9. The summed E-state index contributed by atoms with van der Waals surface area (Å²) in [6.45, 7) is 0.116. The van der Waals surface area contributed by atoms with Crippen LogP contribution in [-0.4, -0.2) is 24.9 Å². The van der Waals surface area contributed by atoms with Crippen LogP contribution < -0.4 is 21.7 Å². The van der Waals surface area contributed by atoms with Gasteiger partial charge in [-0.2, -0.15) is 0 Å². The van der Waals surface area contributed by atoms with Crippen LogP contribution in [0.5, 0.6) is 0 Å². The van der Waals surface area contributed by atoms with Crippen LogP contribution >= 0.6 is 0 Å². The van der Waals surface area contributed by atoms with Crippen molar-refractivity contribution in [1.82, 2.24) is 14.7 Å². The molecule has 1 aromatic heterocycles. The number of hydrogen-bond acceptors (Lipinski definition) is 5. The van der Waals surface area contributed by atoms with E-state index < -0.39 is 26.2 Å². The number of nitrogens with one attached hydrogen (secondary N) is 3. The molecule has 8 nitrogen and oxygen atoms in total. The molecule has 2 aromatic rings. The smallest absolute Gasteiger partial charge is 0.325 e. The summed E-state index contributed by atoms with van der Waals surface area (Å²) < 4.78 is 26.2. The van der Waals surface area contributed by atoms with Gasteiger partial charge in [-0.1, -0.05) is 12.1 Å². The molecule has 2 rings (SSSR count). The topological polar surface area (TPSA) is 138 Å². The van der Waals surface area contributed by atoms with Gasteiger partial charge in [-0.15, -0.1) is 0 Å². The third-order valence-corrected chi connectivity index (χ3v) is 4.23. The highest BCUT2D eigenvalue weighted by Crippen LogP contribution is 2.06. The lowest BCUT2D eigenvalue weighted by Crippen LogP contribution is -2.33. The Morgan fingerprint density at radius 3 is 2.43 bits per heavy atom. The molecule has 5 N–H and O–H groups in total. The molecule has 0 atom stereocenters. The molecule has 0 unspecified atom stereocenters. The third-order valence-electron chi connectivity index (χ3n) is 2.76. The summed E-state index contributed by atoms with van der Waals surface area (Å²) in [5, 5.41) is 0. The molecule has 9 heteroatoms. The maximum Gasteiger partial charge on any atom is 0.325 e. The molecule has 0 fully saturated rings. The van der Waals surface area contributed by atoms with E-state index in [0.717, 1.165) is 11.8 Å². The average Bonchev–Trinajstić information content (AvgIpc) is 2.40. The number of anilines is 1. The number of nitrogens with two attached hydrogens (primary N) is 1. The Labute approximate surface area is 120 Å². The van der Waals surface area contributed by atoms with Crippen LogP contribution in [-0.2, 0) is 16.4 Å². The van der Waals surface area contributed by atoms with Crippen molar-refractivity contribution in [2.75, 3.05) is 12.3 Å². The third kappa shape index (κ3) is 3.80. The minimum absolute atomic E-state index is 0.116. The van der Waals surface area contributed by atoms with Gasteiger partial charge in [0, 0.05) is 18.4 Å². The fourth-order valence-corrected chi connectivity index (χ4v) is 2.72. The van der Waals surface area contributed by atoms with Gasteiger partial charge in [-0.25, -0.2) is 17.9 Å². The first-order valence-electron chi connectivity index (χ1n) is 6.04. The van der Waals surface area contributed by atoms with Crippen LogP contribution in [0.3, 0.4) is 0 Å². The van der Waals surface area contributed by atoms with E-state index in [4.69, 9.17) is 5.73 Å². The maximum absolute atomic E-state index is 11.9. The van der Waals surface area contributed by atoms with Crippen molar-refractivity contribution in [2.45, 2.75) is 11.3 Å². The number of H-pyrrole nitrogens is 2. The Balaban J connectivity index is 2.06. The van der Waals surface area contributed by atoms with Gasteiger partial charge in [0.2, 0.25) is 10.0 Å². The van der Waals surface area contributed by atoms with E-state index in [2.05, 4.69) is 9.71 Å². The van der Waals surface area contributed by atoms with Crippen molar-refractivity contribution < 1.29 is 8.42 Å². The molecule has 21 heavy (non-hydrogen) atoms. The molecule has 0 aliphatic carbocycles. The highest BCUT2D eigenvalue weighted by molar-refractivity contribution is 7.89. The average molecular weight is 310 g/mol. The lowest BCUT2D eigenvalue weighted by Gasteiger charge is -2.06. The summed E-state index contributed by atoms with van der Waals surface area (Å²) >= 11 is 0. The zero-order valence-corrected chi connectivity index (χ0v) is 11.7. The van der Waals surface area contributed by atoms with Gasteiger partial charge in [0.05, 0.1) is 0 Å². The summed E-state index contributed by atoms with van der Waals surface area (Å²) in [4.78, 5) is 25.8. The first-order chi connectivity index (χ1) is 9.88. The maximum atomic E-state index is 11.9. The first kappa shape index (κ1) is 15.0. The van der Waals surface area contributed by atoms with Gasteiger partial charge in [0.25, 0.3) is 5.56 Å². The van der Waals surface area contributed by atoms with Gasteiger partial charge in [0.1, 0.15) is 0 Å². The minimum atomic E-state index is -3.97. The quantitative estimate of drug-likeness (QED) is 0.534. The summed E-state index contributed by atoms with van der Waals surface area (Å²) in [6.07, 6.45) is 1.31. The number of aromatic nitrogens is 2. The van der Waals surface area contributed by atoms with E-state index in [1.165, 1.54) is 0 Å². The molecule has 0 amide bonds. The Morgan fingerprint density at radius 2 is 1.81 bits per heavy atom. The fourth-order valence-electron chi connectivity index (χ4n) is 1.69. The molecule has 0 saturated heterocycles. The standard InChI is InChI=1S/C12H14N4O4S/c13-9-3-1-8(2-4-9)5-6-15-21(19,20)10-7-14-12(18)16-11(10)17/h1-4,7,15H,5-6,13H2,(H2,14,16,17,18). The minimum Gasteiger partial charge on any atom is -0.399 e. The Bertz CT molecular complexity index is 837. The molecule has 0 aliphatic rings. The lowest BCUT2D eigenvalue weighted by atomic mass is 10.1. The predicted molar refractivity (Wildman–Crippen MR) is 77.4 cm³/mol. The molecular formula is C12H14N4O4S. The van der Waals surface area contributed by atoms with Gasteiger partial charge in [-0.05, 0) is 24.1 Å². The largest absolute Gasteiger partial charge is 0.399 e. The molecule has 0 bridgehead atoms. The lowest BCUT2D eigenvalue weighted by molar-refractivity contribution is 0.579. The number of benzene rings is 1. The van der Waals surface area contributed by atoms with Crippen LogP contribution in [0.2, 0.25) is 0 Å². The van der Waals surface area contributed by atoms with Crippen LogP contribution in [0.15, 0.2) is 44.9 Å². The van der Waals surface area contributed by atoms with Crippen molar-refractivity contribution in [2.24, 2.45) is 0 Å². The molecule has 0 spiro atoms. The molecular weight excluding hydrogens is 296 g/mol. The van der Waals surface area contributed by atoms with Crippen molar-refractivity contribution in [3.05, 3.63) is 56.9 Å². The first-order valence-corrected chi connectivity index (χ1v) is 7.53. The van der Waals surface area contributed by atoms with E-state index in [9.17, 15) is 18.0 Å². The summed E-state index contributed by atoms with van der Waals surface area (Å²) in [5.41, 5.74) is 5.36. The number of aromatic amines is 2. The summed E-state index contributed by atoms with van der Waals surface area (Å²) in [7, 11) is -3.97. The van der Waals surface area contributed by atoms with E-state index >= 15 is 0 Å². The number of nitrogen functional groups attached to an aromatic ring is 1. The number of rotatable bonds is 5.